The molecular weight excluding hydrogens is 543 g/mol. The summed E-state index contributed by atoms with van der Waals surface area (Å²) in [7, 11) is 0. The smallest absolute Gasteiger partial charge is 0.0937 e. The number of anilines is 2. The Morgan fingerprint density at radius 3 is 1.80 bits per heavy atom. The van der Waals surface area contributed by atoms with Gasteiger partial charge in [-0.25, -0.2) is 0 Å². The second kappa shape index (κ2) is 11.5. The van der Waals surface area contributed by atoms with Gasteiger partial charge in [-0.1, -0.05) is 48.5 Å². The van der Waals surface area contributed by atoms with Gasteiger partial charge in [-0.15, -0.1) is 15.3 Å². The average Bonchev–Trinajstić information content (AvgIpc) is 2.97. The number of hydrogen-bond donors (Lipinski definition) is 4. The van der Waals surface area contributed by atoms with E-state index in [1.54, 1.807) is 0 Å². The standard InChI is InChI=1S/C31H27N6O2.Mn/c1-31(19-39)32-28-8-4-7-24-27(15-16-29(33-31)30(24)28)37-36-26-14-13-25(22-5-2-3-6-23(22)26)35-34-21-11-9-20(10-12-21)17-18-38;/h2-16,32-33,38-39H,1,17-19H2;/q-1;. The molecule has 0 bridgehead atoms. The molecule has 40 heavy (non-hydrogen) atoms. The van der Waals surface area contributed by atoms with E-state index in [-0.39, 0.29) is 30.3 Å². The third-order valence-corrected chi connectivity index (χ3v) is 6.79. The van der Waals surface area contributed by atoms with Crippen molar-refractivity contribution < 1.29 is 27.3 Å². The molecule has 1 aliphatic rings. The van der Waals surface area contributed by atoms with E-state index in [0.29, 0.717) is 6.42 Å². The fourth-order valence-corrected chi connectivity index (χ4v) is 4.83. The molecular formula is C31H27MnN6O2-. The van der Waals surface area contributed by atoms with E-state index >= 15 is 0 Å². The maximum Gasteiger partial charge on any atom is 0.0937 e. The summed E-state index contributed by atoms with van der Waals surface area (Å²) in [6.07, 6.45) is 0.619. The maximum atomic E-state index is 9.78. The molecule has 9 heteroatoms. The fourth-order valence-electron chi connectivity index (χ4n) is 4.83. The van der Waals surface area contributed by atoms with Gasteiger partial charge in [0.1, 0.15) is 0 Å². The van der Waals surface area contributed by atoms with Crippen LogP contribution in [0.3, 0.4) is 0 Å². The number of fused-ring (bicyclic) bond motifs is 1. The second-order valence-corrected chi connectivity index (χ2v) is 9.54. The minimum atomic E-state index is -0.883. The molecule has 0 fully saturated rings. The zero-order valence-electron chi connectivity index (χ0n) is 21.5. The predicted octanol–water partition coefficient (Wildman–Crippen LogP) is 7.72. The maximum absolute atomic E-state index is 9.78. The molecule has 5 aromatic carbocycles. The van der Waals surface area contributed by atoms with E-state index < -0.39 is 5.66 Å². The first kappa shape index (κ1) is 27.4. The van der Waals surface area contributed by atoms with Crippen molar-refractivity contribution in [2.45, 2.75) is 12.1 Å². The third kappa shape index (κ3) is 5.32. The zero-order chi connectivity index (χ0) is 26.8. The van der Waals surface area contributed by atoms with Crippen LogP contribution < -0.4 is 10.6 Å². The van der Waals surface area contributed by atoms with Crippen molar-refractivity contribution >= 4 is 55.7 Å². The first-order valence-electron chi connectivity index (χ1n) is 12.7. The van der Waals surface area contributed by atoms with Gasteiger partial charge in [-0.3, -0.25) is 6.92 Å². The number of nitrogens with zero attached hydrogens (tertiary/aromatic N) is 4. The van der Waals surface area contributed by atoms with Gasteiger partial charge in [0.25, 0.3) is 0 Å². The molecule has 5 aromatic rings. The van der Waals surface area contributed by atoms with E-state index in [9.17, 15) is 5.11 Å². The van der Waals surface area contributed by atoms with E-state index in [1.165, 1.54) is 0 Å². The number of aliphatic hydroxyl groups is 2. The molecule has 0 saturated carbocycles. The molecule has 0 aromatic heterocycles. The zero-order valence-corrected chi connectivity index (χ0v) is 22.7. The molecule has 0 saturated heterocycles. The monoisotopic (exact) mass is 570 g/mol. The molecule has 0 spiro atoms. The summed E-state index contributed by atoms with van der Waals surface area (Å²) in [5.74, 6) is 0. The Labute approximate surface area is 242 Å². The van der Waals surface area contributed by atoms with Crippen LogP contribution >= 0.6 is 0 Å². The summed E-state index contributed by atoms with van der Waals surface area (Å²) in [5.41, 5.74) is 4.88. The van der Waals surface area contributed by atoms with Crippen LogP contribution in [0.1, 0.15) is 5.56 Å². The molecule has 1 unspecified atom stereocenters. The van der Waals surface area contributed by atoms with Crippen LogP contribution in [0.15, 0.2) is 111 Å². The Hall–Kier alpha value is -4.14. The van der Waals surface area contributed by atoms with Crippen LogP contribution in [0.25, 0.3) is 21.5 Å². The van der Waals surface area contributed by atoms with E-state index in [0.717, 1.165) is 61.2 Å². The summed E-state index contributed by atoms with van der Waals surface area (Å²) in [6.45, 7) is 4.03. The number of azo groups is 2. The Kier molecular flexibility index (Phi) is 7.91. The van der Waals surface area contributed by atoms with Gasteiger partial charge in [-0.2, -0.15) is 5.11 Å². The number of benzene rings is 5. The Morgan fingerprint density at radius 2 is 1.18 bits per heavy atom. The number of hydrogen-bond acceptors (Lipinski definition) is 8. The summed E-state index contributed by atoms with van der Waals surface area (Å²) >= 11 is 0. The number of rotatable bonds is 7. The first-order valence-corrected chi connectivity index (χ1v) is 12.7. The van der Waals surface area contributed by atoms with Crippen molar-refractivity contribution in [2.75, 3.05) is 23.8 Å². The van der Waals surface area contributed by atoms with Crippen LogP contribution in [0.2, 0.25) is 0 Å². The van der Waals surface area contributed by atoms with Crippen molar-refractivity contribution in [1.82, 2.24) is 0 Å². The minimum Gasteiger partial charge on any atom is -0.396 e. The van der Waals surface area contributed by atoms with Gasteiger partial charge in [0, 0.05) is 62.3 Å². The second-order valence-electron chi connectivity index (χ2n) is 9.54. The van der Waals surface area contributed by atoms with Crippen LogP contribution in [-0.2, 0) is 23.5 Å². The van der Waals surface area contributed by atoms with Crippen molar-refractivity contribution in [3.8, 4) is 0 Å². The van der Waals surface area contributed by atoms with Crippen LogP contribution in [-0.4, -0.2) is 29.1 Å². The van der Waals surface area contributed by atoms with Gasteiger partial charge >= 0.3 is 0 Å². The molecule has 0 amide bonds. The van der Waals surface area contributed by atoms with Crippen molar-refractivity contribution in [2.24, 2.45) is 20.5 Å². The van der Waals surface area contributed by atoms with E-state index in [2.05, 4.69) is 38.0 Å². The Balaban J connectivity index is 0.00000323. The Bertz CT molecular complexity index is 1720. The van der Waals surface area contributed by atoms with Gasteiger partial charge in [-0.05, 0) is 54.4 Å². The molecule has 0 aliphatic carbocycles. The van der Waals surface area contributed by atoms with Crippen molar-refractivity contribution in [1.29, 1.82) is 0 Å². The normalized spacial score (nSPS) is 16.3. The van der Waals surface area contributed by atoms with Crippen LogP contribution in [0.5, 0.6) is 0 Å². The van der Waals surface area contributed by atoms with E-state index in [4.69, 9.17) is 5.11 Å². The fraction of sp³-hybridized carbons (Fsp3) is 0.129. The molecule has 4 N–H and O–H groups in total. The summed E-state index contributed by atoms with van der Waals surface area (Å²) in [5, 5.41) is 47.4. The first-order chi connectivity index (χ1) is 19.1. The molecule has 1 atom stereocenters. The Morgan fingerprint density at radius 1 is 0.625 bits per heavy atom. The van der Waals surface area contributed by atoms with Gasteiger partial charge in [0.05, 0.1) is 29.4 Å². The summed E-state index contributed by atoms with van der Waals surface area (Å²) < 4.78 is 0. The predicted molar refractivity (Wildman–Crippen MR) is 156 cm³/mol. The third-order valence-electron chi connectivity index (χ3n) is 6.79. The van der Waals surface area contributed by atoms with Crippen molar-refractivity contribution in [3.63, 3.8) is 0 Å². The van der Waals surface area contributed by atoms with Gasteiger partial charge in [0.2, 0.25) is 0 Å². The molecule has 1 aliphatic heterocycles. The van der Waals surface area contributed by atoms with Crippen molar-refractivity contribution in [3.05, 3.63) is 103 Å². The summed E-state index contributed by atoms with van der Waals surface area (Å²) in [6, 6.07) is 29.2. The van der Waals surface area contributed by atoms with E-state index in [1.807, 2.05) is 91.0 Å². The average molecular weight is 571 g/mol. The molecule has 6 rings (SSSR count). The van der Waals surface area contributed by atoms with Gasteiger partial charge in [0.15, 0.2) is 0 Å². The molecule has 1 heterocycles. The number of nitrogens with one attached hydrogen (secondary N) is 2. The van der Waals surface area contributed by atoms with Gasteiger partial charge < -0.3 is 20.8 Å². The largest absolute Gasteiger partial charge is 0.396 e. The number of aliphatic hydroxyl groups excluding tert-OH is 2. The molecule has 201 valence electrons. The SMILES string of the molecule is [CH2-]C1(CO)Nc2cccc3c(N=Nc4ccc(N=Nc5ccc(CCO)cc5)c5ccccc45)ccc(c23)N1.[Mn]. The van der Waals surface area contributed by atoms with Crippen LogP contribution in [0, 0.1) is 6.92 Å². The topological polar surface area (TPSA) is 114 Å². The summed E-state index contributed by atoms with van der Waals surface area (Å²) in [4.78, 5) is 0. The molecule has 8 nitrogen and oxygen atoms in total. The quantitative estimate of drug-likeness (QED) is 0.0911. The molecule has 1 radical (unpaired) electrons. The van der Waals surface area contributed by atoms with Crippen LogP contribution in [0.4, 0.5) is 34.1 Å². The minimum absolute atomic E-state index is 0.